The average Bonchev–Trinajstić information content (AvgIpc) is 3.83. The van der Waals surface area contributed by atoms with Crippen LogP contribution in [-0.4, -0.2) is 19.5 Å². The minimum absolute atomic E-state index is 0.565. The monoisotopic (exact) mass is 716 g/mol. The Hall–Kier alpha value is -7.63. The van der Waals surface area contributed by atoms with Crippen LogP contribution in [0, 0.1) is 0 Å². The second-order valence-electron chi connectivity index (χ2n) is 14.0. The third-order valence-electron chi connectivity index (χ3n) is 10.7. The lowest BCUT2D eigenvalue weighted by Gasteiger charge is -2.10. The smallest absolute Gasteiger partial charge is 0.167 e. The first-order chi connectivity index (χ1) is 27.8. The van der Waals surface area contributed by atoms with Gasteiger partial charge in [0.15, 0.2) is 17.5 Å². The van der Waals surface area contributed by atoms with Gasteiger partial charge in [-0.15, -0.1) is 0 Å². The predicted molar refractivity (Wildman–Crippen MR) is 229 cm³/mol. The van der Waals surface area contributed by atoms with Gasteiger partial charge in [-0.25, -0.2) is 15.0 Å². The summed E-state index contributed by atoms with van der Waals surface area (Å²) in [6.45, 7) is 0. The number of hydrogen-bond acceptors (Lipinski definition) is 4. The third-order valence-corrected chi connectivity index (χ3v) is 10.7. The van der Waals surface area contributed by atoms with E-state index in [-0.39, 0.29) is 0 Å². The fourth-order valence-corrected chi connectivity index (χ4v) is 8.00. The molecule has 5 heteroatoms. The Labute approximate surface area is 322 Å². The van der Waals surface area contributed by atoms with Crippen LogP contribution < -0.4 is 0 Å². The fraction of sp³-hybridized carbons (Fsp3) is 0. The lowest BCUT2D eigenvalue weighted by molar-refractivity contribution is 0.670. The number of rotatable bonds is 6. The molecule has 8 aromatic carbocycles. The Morgan fingerprint density at radius 2 is 0.804 bits per heavy atom. The van der Waals surface area contributed by atoms with Crippen molar-refractivity contribution in [2.24, 2.45) is 0 Å². The van der Waals surface area contributed by atoms with Crippen molar-refractivity contribution in [1.29, 1.82) is 0 Å². The molecule has 5 nitrogen and oxygen atoms in total. The van der Waals surface area contributed by atoms with Crippen molar-refractivity contribution in [2.45, 2.75) is 0 Å². The average molecular weight is 717 g/mol. The maximum atomic E-state index is 6.93. The molecule has 0 bridgehead atoms. The van der Waals surface area contributed by atoms with Crippen molar-refractivity contribution in [3.8, 4) is 62.1 Å². The van der Waals surface area contributed by atoms with E-state index in [4.69, 9.17) is 19.4 Å². The Bertz CT molecular complexity index is 3160. The quantitative estimate of drug-likeness (QED) is 0.172. The second kappa shape index (κ2) is 13.0. The summed E-state index contributed by atoms with van der Waals surface area (Å²) in [5, 5.41) is 4.44. The van der Waals surface area contributed by atoms with Gasteiger partial charge in [0.05, 0.1) is 16.6 Å². The van der Waals surface area contributed by atoms with Crippen LogP contribution in [-0.2, 0) is 0 Å². The highest BCUT2D eigenvalue weighted by Gasteiger charge is 2.20. The molecule has 0 saturated carbocycles. The third kappa shape index (κ3) is 5.29. The van der Waals surface area contributed by atoms with Gasteiger partial charge in [-0.1, -0.05) is 158 Å². The molecule has 0 spiro atoms. The van der Waals surface area contributed by atoms with E-state index >= 15 is 0 Å². The fourth-order valence-electron chi connectivity index (χ4n) is 8.00. The molecule has 56 heavy (non-hydrogen) atoms. The lowest BCUT2D eigenvalue weighted by Crippen LogP contribution is -2.00. The molecule has 0 fully saturated rings. The summed E-state index contributed by atoms with van der Waals surface area (Å²) in [6, 6.07) is 67.5. The van der Waals surface area contributed by atoms with Crippen LogP contribution in [0.3, 0.4) is 0 Å². The first-order valence-corrected chi connectivity index (χ1v) is 18.8. The van der Waals surface area contributed by atoms with Gasteiger partial charge in [0.1, 0.15) is 11.2 Å². The van der Waals surface area contributed by atoms with Gasteiger partial charge in [-0.3, -0.25) is 0 Å². The van der Waals surface area contributed by atoms with Gasteiger partial charge < -0.3 is 8.98 Å². The summed E-state index contributed by atoms with van der Waals surface area (Å²) < 4.78 is 9.29. The predicted octanol–water partition coefficient (Wildman–Crippen LogP) is 13.2. The van der Waals surface area contributed by atoms with Gasteiger partial charge in [0.2, 0.25) is 0 Å². The number of benzene rings is 8. The molecule has 0 amide bonds. The van der Waals surface area contributed by atoms with Gasteiger partial charge >= 0.3 is 0 Å². The van der Waals surface area contributed by atoms with E-state index in [9.17, 15) is 0 Å². The number of fused-ring (bicyclic) bond motifs is 6. The summed E-state index contributed by atoms with van der Waals surface area (Å²) in [4.78, 5) is 15.0. The molecule has 0 N–H and O–H groups in total. The number of nitrogens with zero attached hydrogens (tertiary/aromatic N) is 4. The minimum atomic E-state index is 0.565. The van der Waals surface area contributed by atoms with Crippen LogP contribution >= 0.6 is 0 Å². The molecule has 0 radical (unpaired) electrons. The Morgan fingerprint density at radius 3 is 1.46 bits per heavy atom. The van der Waals surface area contributed by atoms with E-state index in [1.54, 1.807) is 0 Å². The van der Waals surface area contributed by atoms with Gasteiger partial charge in [-0.05, 0) is 53.1 Å². The van der Waals surface area contributed by atoms with E-state index in [2.05, 4.69) is 132 Å². The van der Waals surface area contributed by atoms with E-state index < -0.39 is 0 Å². The molecule has 11 aromatic rings. The highest BCUT2D eigenvalue weighted by Crippen LogP contribution is 2.42. The first kappa shape index (κ1) is 31.9. The SMILES string of the molecule is c1ccc(-c2ccc(-n3c4ccccc4c4cc(-c5cccc6c5oc5c(-c7nc(-c8ccccc8)nc(-c8ccccc8)n7)cccc56)ccc43)cc2)cc1. The van der Waals surface area contributed by atoms with Crippen molar-refractivity contribution < 1.29 is 4.42 Å². The zero-order chi connectivity index (χ0) is 37.0. The topological polar surface area (TPSA) is 56.7 Å². The highest BCUT2D eigenvalue weighted by atomic mass is 16.3. The molecule has 11 rings (SSSR count). The van der Waals surface area contributed by atoms with Gasteiger partial charge in [0, 0.05) is 43.9 Å². The normalized spacial score (nSPS) is 11.6. The van der Waals surface area contributed by atoms with Crippen LogP contribution in [0.2, 0.25) is 0 Å². The molecular formula is C51H32N4O. The Kier molecular flexibility index (Phi) is 7.42. The summed E-state index contributed by atoms with van der Waals surface area (Å²) in [7, 11) is 0. The number of hydrogen-bond donors (Lipinski definition) is 0. The summed E-state index contributed by atoms with van der Waals surface area (Å²) >= 11 is 0. The van der Waals surface area contributed by atoms with E-state index in [0.29, 0.717) is 17.5 Å². The molecule has 0 aliphatic heterocycles. The molecule has 0 aliphatic rings. The van der Waals surface area contributed by atoms with E-state index in [0.717, 1.165) is 61.0 Å². The molecule has 0 atom stereocenters. The molecule has 3 aromatic heterocycles. The van der Waals surface area contributed by atoms with Gasteiger partial charge in [0.25, 0.3) is 0 Å². The largest absolute Gasteiger partial charge is 0.455 e. The lowest BCUT2D eigenvalue weighted by atomic mass is 10.00. The molecule has 0 saturated heterocycles. The number of furan rings is 1. The minimum Gasteiger partial charge on any atom is -0.455 e. The van der Waals surface area contributed by atoms with E-state index in [1.807, 2.05) is 66.7 Å². The van der Waals surface area contributed by atoms with Crippen LogP contribution in [0.5, 0.6) is 0 Å². The zero-order valence-electron chi connectivity index (χ0n) is 30.2. The van der Waals surface area contributed by atoms with Crippen molar-refractivity contribution in [3.05, 3.63) is 194 Å². The second-order valence-corrected chi connectivity index (χ2v) is 14.0. The van der Waals surface area contributed by atoms with E-state index in [1.165, 1.54) is 27.4 Å². The Morgan fingerprint density at radius 1 is 0.321 bits per heavy atom. The molecule has 0 aliphatic carbocycles. The zero-order valence-corrected chi connectivity index (χ0v) is 30.2. The van der Waals surface area contributed by atoms with Crippen molar-refractivity contribution in [3.63, 3.8) is 0 Å². The van der Waals surface area contributed by atoms with Crippen LogP contribution in [0.15, 0.2) is 199 Å². The summed E-state index contributed by atoms with van der Waals surface area (Å²) in [6.07, 6.45) is 0. The van der Waals surface area contributed by atoms with Gasteiger partial charge in [-0.2, -0.15) is 0 Å². The summed E-state index contributed by atoms with van der Waals surface area (Å²) in [5.41, 5.74) is 12.2. The molecule has 0 unspecified atom stereocenters. The molecular weight excluding hydrogens is 685 g/mol. The van der Waals surface area contributed by atoms with Crippen molar-refractivity contribution in [2.75, 3.05) is 0 Å². The standard InChI is InChI=1S/C51H32N4O/c1-4-14-33(15-5-1)34-26-29-38(30-27-34)55-45-25-11-10-20-40(45)44-32-37(28-31-46(44)55)39-21-12-22-41-42-23-13-24-43(48(42)56-47(39)41)51-53-49(35-16-6-2-7-17-35)52-50(54-51)36-18-8-3-9-19-36/h1-32H. The maximum Gasteiger partial charge on any atom is 0.167 e. The first-order valence-electron chi connectivity index (χ1n) is 18.8. The Balaban J connectivity index is 1.06. The number of aromatic nitrogens is 4. The summed E-state index contributed by atoms with van der Waals surface area (Å²) in [5.74, 6) is 1.79. The van der Waals surface area contributed by atoms with Crippen LogP contribution in [0.1, 0.15) is 0 Å². The number of para-hydroxylation sites is 3. The van der Waals surface area contributed by atoms with Crippen LogP contribution in [0.25, 0.3) is 106 Å². The maximum absolute atomic E-state index is 6.93. The van der Waals surface area contributed by atoms with Crippen LogP contribution in [0.4, 0.5) is 0 Å². The van der Waals surface area contributed by atoms with Crippen molar-refractivity contribution in [1.82, 2.24) is 19.5 Å². The highest BCUT2D eigenvalue weighted by molar-refractivity contribution is 6.14. The molecule has 262 valence electrons. The van der Waals surface area contributed by atoms with Crippen molar-refractivity contribution >= 4 is 43.7 Å². The molecule has 3 heterocycles.